The van der Waals surface area contributed by atoms with E-state index in [4.69, 9.17) is 16.6 Å². The molecule has 1 N–H and O–H groups in total. The van der Waals surface area contributed by atoms with E-state index in [9.17, 15) is 4.79 Å². The molecule has 0 spiro atoms. The number of hydrogen-bond donors (Lipinski definition) is 1. The highest BCUT2D eigenvalue weighted by Gasteiger charge is 2.40. The van der Waals surface area contributed by atoms with Gasteiger partial charge in [-0.1, -0.05) is 36.2 Å². The third kappa shape index (κ3) is 3.38. The highest BCUT2D eigenvalue weighted by Crippen LogP contribution is 2.36. The molecule has 3 heterocycles. The smallest absolute Gasteiger partial charge is 0.227 e. The summed E-state index contributed by atoms with van der Waals surface area (Å²) in [4.78, 5) is 25.0. The summed E-state index contributed by atoms with van der Waals surface area (Å²) in [6.45, 7) is 3.11. The van der Waals surface area contributed by atoms with Crippen molar-refractivity contribution in [2.24, 2.45) is 5.92 Å². The molecule has 26 heavy (non-hydrogen) atoms. The van der Waals surface area contributed by atoms with Crippen LogP contribution < -0.4 is 0 Å². The number of hydrogen-bond acceptors (Lipinski definition) is 3. The van der Waals surface area contributed by atoms with Crippen molar-refractivity contribution in [2.75, 3.05) is 26.7 Å². The van der Waals surface area contributed by atoms with Gasteiger partial charge in [0.2, 0.25) is 5.91 Å². The maximum Gasteiger partial charge on any atom is 0.227 e. The molecular formula is C20H25ClN4O. The second kappa shape index (κ2) is 7.41. The average molecular weight is 373 g/mol. The summed E-state index contributed by atoms with van der Waals surface area (Å²) < 4.78 is 0. The molecule has 2 aliphatic rings. The van der Waals surface area contributed by atoms with Crippen LogP contribution >= 0.6 is 11.6 Å². The van der Waals surface area contributed by atoms with Gasteiger partial charge in [0.25, 0.3) is 0 Å². The van der Waals surface area contributed by atoms with E-state index in [1.165, 1.54) is 19.3 Å². The lowest BCUT2D eigenvalue weighted by Crippen LogP contribution is -2.37. The van der Waals surface area contributed by atoms with Crippen LogP contribution in [0.25, 0.3) is 11.3 Å². The molecule has 2 fully saturated rings. The first kappa shape index (κ1) is 17.6. The maximum atomic E-state index is 12.7. The number of aromatic nitrogens is 2. The standard InChI is InChI=1S/C20H25ClN4O/c1-24-18(11-14(20(24)26)13-25-9-5-2-6-10-25)19-22-12-17(23-19)15-7-3-4-8-16(15)21/h3-4,7-8,12,14,18H,2,5-6,9-11,13H2,1H3,(H,22,23)/t14-,18+/m0/s1. The summed E-state index contributed by atoms with van der Waals surface area (Å²) in [5, 5.41) is 0.685. The Morgan fingerprint density at radius 1 is 1.23 bits per heavy atom. The summed E-state index contributed by atoms with van der Waals surface area (Å²) in [7, 11) is 1.89. The number of benzene rings is 1. The first-order valence-corrected chi connectivity index (χ1v) is 9.80. The Bertz CT molecular complexity index is 784. The average Bonchev–Trinajstić information content (AvgIpc) is 3.24. The fourth-order valence-electron chi connectivity index (χ4n) is 4.19. The van der Waals surface area contributed by atoms with Crippen LogP contribution in [0.5, 0.6) is 0 Å². The predicted molar refractivity (Wildman–Crippen MR) is 103 cm³/mol. The zero-order chi connectivity index (χ0) is 18.1. The normalized spacial score (nSPS) is 24.4. The van der Waals surface area contributed by atoms with Crippen LogP contribution in [0.15, 0.2) is 30.5 Å². The first-order valence-electron chi connectivity index (χ1n) is 9.42. The Balaban J connectivity index is 1.49. The van der Waals surface area contributed by atoms with E-state index >= 15 is 0 Å². The molecule has 138 valence electrons. The predicted octanol–water partition coefficient (Wildman–Crippen LogP) is 3.74. The molecule has 0 bridgehead atoms. The molecule has 5 nitrogen and oxygen atoms in total. The molecule has 1 aromatic carbocycles. The molecule has 0 aliphatic carbocycles. The van der Waals surface area contributed by atoms with E-state index in [1.807, 2.05) is 42.4 Å². The fraction of sp³-hybridized carbons (Fsp3) is 0.500. The minimum atomic E-state index is 0.00790. The zero-order valence-corrected chi connectivity index (χ0v) is 15.9. The van der Waals surface area contributed by atoms with Gasteiger partial charge in [0.1, 0.15) is 5.82 Å². The van der Waals surface area contributed by atoms with Crippen LogP contribution in [0.2, 0.25) is 5.02 Å². The maximum absolute atomic E-state index is 12.7. The lowest BCUT2D eigenvalue weighted by atomic mass is 10.0. The largest absolute Gasteiger partial charge is 0.346 e. The molecule has 4 rings (SSSR count). The molecule has 2 aromatic rings. The molecule has 1 aromatic heterocycles. The monoisotopic (exact) mass is 372 g/mol. The molecule has 2 aliphatic heterocycles. The number of aromatic amines is 1. The van der Waals surface area contributed by atoms with Gasteiger partial charge in [0.05, 0.1) is 22.7 Å². The van der Waals surface area contributed by atoms with Gasteiger partial charge in [0, 0.05) is 25.4 Å². The Labute approximate surface area is 159 Å². The number of H-pyrrole nitrogens is 1. The molecule has 1 amide bonds. The quantitative estimate of drug-likeness (QED) is 0.889. The van der Waals surface area contributed by atoms with Gasteiger partial charge in [-0.05, 0) is 38.4 Å². The Kier molecular flexibility index (Phi) is 5.00. The van der Waals surface area contributed by atoms with Gasteiger partial charge >= 0.3 is 0 Å². The number of halogens is 1. The van der Waals surface area contributed by atoms with Crippen molar-refractivity contribution in [3.63, 3.8) is 0 Å². The van der Waals surface area contributed by atoms with Crippen LogP contribution in [-0.4, -0.2) is 52.4 Å². The summed E-state index contributed by atoms with van der Waals surface area (Å²) in [5.74, 6) is 1.14. The number of amides is 1. The van der Waals surface area contributed by atoms with Gasteiger partial charge in [0.15, 0.2) is 0 Å². The molecule has 0 unspecified atom stereocenters. The van der Waals surface area contributed by atoms with Crippen molar-refractivity contribution in [2.45, 2.75) is 31.7 Å². The van der Waals surface area contributed by atoms with E-state index in [2.05, 4.69) is 9.88 Å². The van der Waals surface area contributed by atoms with Gasteiger partial charge in [-0.2, -0.15) is 0 Å². The number of likely N-dealkylation sites (tertiary alicyclic amines) is 2. The minimum absolute atomic E-state index is 0.00790. The zero-order valence-electron chi connectivity index (χ0n) is 15.1. The summed E-state index contributed by atoms with van der Waals surface area (Å²) in [5.41, 5.74) is 1.74. The second-order valence-electron chi connectivity index (χ2n) is 7.41. The van der Waals surface area contributed by atoms with E-state index in [0.717, 1.165) is 43.1 Å². The second-order valence-corrected chi connectivity index (χ2v) is 7.82. The van der Waals surface area contributed by atoms with Crippen LogP contribution in [-0.2, 0) is 4.79 Å². The van der Waals surface area contributed by atoms with Crippen LogP contribution in [0.4, 0.5) is 0 Å². The lowest BCUT2D eigenvalue weighted by molar-refractivity contribution is -0.131. The van der Waals surface area contributed by atoms with Crippen molar-refractivity contribution < 1.29 is 4.79 Å². The van der Waals surface area contributed by atoms with Crippen molar-refractivity contribution in [1.29, 1.82) is 0 Å². The van der Waals surface area contributed by atoms with Gasteiger partial charge < -0.3 is 14.8 Å². The molecule has 0 radical (unpaired) electrons. The number of nitrogens with zero attached hydrogens (tertiary/aromatic N) is 3. The fourth-order valence-corrected chi connectivity index (χ4v) is 4.42. The van der Waals surface area contributed by atoms with Gasteiger partial charge in [-0.3, -0.25) is 4.79 Å². The number of carbonyl (C=O) groups excluding carboxylic acids is 1. The first-order chi connectivity index (χ1) is 12.6. The van der Waals surface area contributed by atoms with Crippen molar-refractivity contribution in [3.8, 4) is 11.3 Å². The van der Waals surface area contributed by atoms with Gasteiger partial charge in [-0.25, -0.2) is 4.98 Å². The summed E-state index contributed by atoms with van der Waals surface area (Å²) in [6.07, 6.45) is 6.52. The third-order valence-corrected chi connectivity index (χ3v) is 5.99. The number of nitrogens with one attached hydrogen (secondary N) is 1. The van der Waals surface area contributed by atoms with Gasteiger partial charge in [-0.15, -0.1) is 0 Å². The van der Waals surface area contributed by atoms with E-state index < -0.39 is 0 Å². The number of piperidine rings is 1. The van der Waals surface area contributed by atoms with E-state index in [1.54, 1.807) is 0 Å². The number of imidazole rings is 1. The highest BCUT2D eigenvalue weighted by molar-refractivity contribution is 6.33. The SMILES string of the molecule is CN1C(=O)[C@H](CN2CCCCC2)C[C@@H]1c1nc(-c2ccccc2Cl)c[nH]1. The lowest BCUT2D eigenvalue weighted by Gasteiger charge is -2.28. The molecule has 6 heteroatoms. The molecule has 2 saturated heterocycles. The van der Waals surface area contributed by atoms with E-state index in [-0.39, 0.29) is 17.9 Å². The van der Waals surface area contributed by atoms with Crippen molar-refractivity contribution in [3.05, 3.63) is 41.3 Å². The van der Waals surface area contributed by atoms with Crippen molar-refractivity contribution in [1.82, 2.24) is 19.8 Å². The van der Waals surface area contributed by atoms with E-state index in [0.29, 0.717) is 5.02 Å². The molecule has 0 saturated carbocycles. The Hall–Kier alpha value is -1.85. The summed E-state index contributed by atoms with van der Waals surface area (Å²) >= 11 is 6.29. The van der Waals surface area contributed by atoms with Crippen LogP contribution in [0.3, 0.4) is 0 Å². The number of rotatable bonds is 4. The molecule has 2 atom stereocenters. The Morgan fingerprint density at radius 2 is 2.00 bits per heavy atom. The Morgan fingerprint density at radius 3 is 2.77 bits per heavy atom. The minimum Gasteiger partial charge on any atom is -0.346 e. The third-order valence-electron chi connectivity index (χ3n) is 5.66. The highest BCUT2D eigenvalue weighted by atomic mass is 35.5. The van der Waals surface area contributed by atoms with Crippen LogP contribution in [0.1, 0.15) is 37.5 Å². The topological polar surface area (TPSA) is 52.2 Å². The molecular weight excluding hydrogens is 348 g/mol. The summed E-state index contributed by atoms with van der Waals surface area (Å²) in [6, 6.07) is 7.70. The number of carbonyl (C=O) groups is 1. The van der Waals surface area contributed by atoms with Crippen LogP contribution in [0, 0.1) is 5.92 Å². The van der Waals surface area contributed by atoms with Crippen molar-refractivity contribution >= 4 is 17.5 Å².